The van der Waals surface area contributed by atoms with Crippen LogP contribution in [0.25, 0.3) is 0 Å². The Morgan fingerprint density at radius 2 is 2.17 bits per heavy atom. The Morgan fingerprint density at radius 3 is 2.94 bits per heavy atom. The standard InChI is InChI=1S/C14H15BrN2O/c1-2-16-14-8-11(6-7-17-14)10-18-13-5-3-4-12(15)9-13/h3-9H,2,10H2,1H3,(H,16,17). The van der Waals surface area contributed by atoms with E-state index in [-0.39, 0.29) is 0 Å². The fraction of sp³-hybridized carbons (Fsp3) is 0.214. The van der Waals surface area contributed by atoms with Gasteiger partial charge in [0.25, 0.3) is 0 Å². The Hall–Kier alpha value is -1.55. The summed E-state index contributed by atoms with van der Waals surface area (Å²) in [7, 11) is 0. The largest absolute Gasteiger partial charge is 0.489 e. The Bertz CT molecular complexity index is 517. The number of hydrogen-bond donors (Lipinski definition) is 1. The summed E-state index contributed by atoms with van der Waals surface area (Å²) in [5.41, 5.74) is 1.10. The van der Waals surface area contributed by atoms with Gasteiger partial charge in [-0.1, -0.05) is 22.0 Å². The molecule has 0 spiro atoms. The van der Waals surface area contributed by atoms with Crippen LogP contribution in [0.2, 0.25) is 0 Å². The van der Waals surface area contributed by atoms with Gasteiger partial charge in [-0.05, 0) is 42.8 Å². The molecule has 0 aliphatic heterocycles. The van der Waals surface area contributed by atoms with Crippen molar-refractivity contribution >= 4 is 21.7 Å². The van der Waals surface area contributed by atoms with Crippen molar-refractivity contribution in [2.24, 2.45) is 0 Å². The molecule has 1 aromatic heterocycles. The molecule has 0 bridgehead atoms. The van der Waals surface area contributed by atoms with Gasteiger partial charge in [-0.3, -0.25) is 0 Å². The van der Waals surface area contributed by atoms with Crippen molar-refractivity contribution in [1.29, 1.82) is 0 Å². The van der Waals surface area contributed by atoms with Gasteiger partial charge in [0.1, 0.15) is 18.2 Å². The molecule has 2 rings (SSSR count). The number of hydrogen-bond acceptors (Lipinski definition) is 3. The second-order valence-corrected chi connectivity index (χ2v) is 4.74. The van der Waals surface area contributed by atoms with E-state index in [0.717, 1.165) is 28.1 Å². The minimum atomic E-state index is 0.539. The molecular weight excluding hydrogens is 292 g/mol. The molecule has 1 heterocycles. The van der Waals surface area contributed by atoms with Gasteiger partial charge in [0.15, 0.2) is 0 Å². The van der Waals surface area contributed by atoms with Crippen LogP contribution in [0.3, 0.4) is 0 Å². The van der Waals surface area contributed by atoms with E-state index >= 15 is 0 Å². The number of rotatable bonds is 5. The van der Waals surface area contributed by atoms with Crippen molar-refractivity contribution in [3.63, 3.8) is 0 Å². The number of anilines is 1. The van der Waals surface area contributed by atoms with Crippen molar-refractivity contribution in [2.45, 2.75) is 13.5 Å². The van der Waals surface area contributed by atoms with E-state index in [4.69, 9.17) is 4.74 Å². The van der Waals surface area contributed by atoms with E-state index in [2.05, 4.69) is 26.2 Å². The predicted octanol–water partition coefficient (Wildman–Crippen LogP) is 3.85. The summed E-state index contributed by atoms with van der Waals surface area (Å²) < 4.78 is 6.74. The SMILES string of the molecule is CCNc1cc(COc2cccc(Br)c2)ccn1. The van der Waals surface area contributed by atoms with Gasteiger partial charge >= 0.3 is 0 Å². The third kappa shape index (κ3) is 3.74. The number of nitrogens with one attached hydrogen (secondary N) is 1. The van der Waals surface area contributed by atoms with Gasteiger partial charge < -0.3 is 10.1 Å². The van der Waals surface area contributed by atoms with Crippen molar-refractivity contribution in [2.75, 3.05) is 11.9 Å². The van der Waals surface area contributed by atoms with Crippen molar-refractivity contribution < 1.29 is 4.74 Å². The lowest BCUT2D eigenvalue weighted by atomic mass is 10.2. The molecule has 0 saturated carbocycles. The predicted molar refractivity (Wildman–Crippen MR) is 76.9 cm³/mol. The minimum Gasteiger partial charge on any atom is -0.489 e. The second-order valence-electron chi connectivity index (χ2n) is 3.83. The molecule has 0 aliphatic rings. The van der Waals surface area contributed by atoms with Gasteiger partial charge in [0.05, 0.1) is 0 Å². The van der Waals surface area contributed by atoms with Crippen LogP contribution in [0.1, 0.15) is 12.5 Å². The van der Waals surface area contributed by atoms with Gasteiger partial charge in [-0.25, -0.2) is 4.98 Å². The molecule has 94 valence electrons. The monoisotopic (exact) mass is 306 g/mol. The van der Waals surface area contributed by atoms with Crippen molar-refractivity contribution in [3.8, 4) is 5.75 Å². The van der Waals surface area contributed by atoms with E-state index in [0.29, 0.717) is 6.61 Å². The third-order valence-electron chi connectivity index (χ3n) is 2.38. The topological polar surface area (TPSA) is 34.1 Å². The van der Waals surface area contributed by atoms with Gasteiger partial charge in [-0.15, -0.1) is 0 Å². The van der Waals surface area contributed by atoms with Crippen LogP contribution >= 0.6 is 15.9 Å². The average Bonchev–Trinajstić information content (AvgIpc) is 2.37. The zero-order valence-corrected chi connectivity index (χ0v) is 11.8. The van der Waals surface area contributed by atoms with Crippen LogP contribution in [0, 0.1) is 0 Å². The van der Waals surface area contributed by atoms with Crippen LogP contribution in [-0.4, -0.2) is 11.5 Å². The Morgan fingerprint density at radius 1 is 1.28 bits per heavy atom. The average molecular weight is 307 g/mol. The fourth-order valence-corrected chi connectivity index (χ4v) is 1.94. The molecule has 18 heavy (non-hydrogen) atoms. The lowest BCUT2D eigenvalue weighted by Gasteiger charge is -2.08. The first kappa shape index (κ1) is 12.9. The van der Waals surface area contributed by atoms with E-state index in [1.807, 2.05) is 43.3 Å². The van der Waals surface area contributed by atoms with E-state index < -0.39 is 0 Å². The molecular formula is C14H15BrN2O. The number of benzene rings is 1. The van der Waals surface area contributed by atoms with Crippen molar-refractivity contribution in [3.05, 3.63) is 52.6 Å². The molecule has 0 atom stereocenters. The number of pyridine rings is 1. The molecule has 0 unspecified atom stereocenters. The van der Waals surface area contributed by atoms with Gasteiger partial charge in [-0.2, -0.15) is 0 Å². The summed E-state index contributed by atoms with van der Waals surface area (Å²) in [6, 6.07) is 11.8. The normalized spacial score (nSPS) is 10.1. The maximum absolute atomic E-state index is 5.72. The third-order valence-corrected chi connectivity index (χ3v) is 2.88. The fourth-order valence-electron chi connectivity index (χ4n) is 1.57. The molecule has 0 saturated heterocycles. The molecule has 0 aliphatic carbocycles. The highest BCUT2D eigenvalue weighted by Gasteiger charge is 1.99. The van der Waals surface area contributed by atoms with Crippen molar-refractivity contribution in [1.82, 2.24) is 4.98 Å². The molecule has 4 heteroatoms. The zero-order valence-electron chi connectivity index (χ0n) is 10.2. The van der Waals surface area contributed by atoms with Crippen LogP contribution in [0.4, 0.5) is 5.82 Å². The number of aromatic nitrogens is 1. The lowest BCUT2D eigenvalue weighted by Crippen LogP contribution is -2.01. The summed E-state index contributed by atoms with van der Waals surface area (Å²) in [5.74, 6) is 1.74. The highest BCUT2D eigenvalue weighted by Crippen LogP contribution is 2.19. The summed E-state index contributed by atoms with van der Waals surface area (Å²) in [4.78, 5) is 4.22. The minimum absolute atomic E-state index is 0.539. The first-order valence-corrected chi connectivity index (χ1v) is 6.64. The van der Waals surface area contributed by atoms with Crippen LogP contribution in [0.5, 0.6) is 5.75 Å². The maximum Gasteiger partial charge on any atom is 0.126 e. The zero-order chi connectivity index (χ0) is 12.8. The van der Waals surface area contributed by atoms with Crippen LogP contribution in [-0.2, 0) is 6.61 Å². The number of ether oxygens (including phenoxy) is 1. The molecule has 0 radical (unpaired) electrons. The smallest absolute Gasteiger partial charge is 0.126 e. The Labute approximate surface area is 115 Å². The highest BCUT2D eigenvalue weighted by molar-refractivity contribution is 9.10. The maximum atomic E-state index is 5.72. The Balaban J connectivity index is 1.99. The molecule has 3 nitrogen and oxygen atoms in total. The second kappa shape index (κ2) is 6.40. The van der Waals surface area contributed by atoms with E-state index in [1.54, 1.807) is 6.20 Å². The number of nitrogens with zero attached hydrogens (tertiary/aromatic N) is 1. The van der Waals surface area contributed by atoms with Gasteiger partial charge in [0, 0.05) is 17.2 Å². The Kier molecular flexibility index (Phi) is 4.59. The summed E-state index contributed by atoms with van der Waals surface area (Å²) in [6.45, 7) is 3.45. The van der Waals surface area contributed by atoms with Crippen LogP contribution < -0.4 is 10.1 Å². The first-order chi connectivity index (χ1) is 8.78. The first-order valence-electron chi connectivity index (χ1n) is 5.85. The molecule has 0 fully saturated rings. The molecule has 1 N–H and O–H groups in total. The van der Waals surface area contributed by atoms with Gasteiger partial charge in [0.2, 0.25) is 0 Å². The lowest BCUT2D eigenvalue weighted by molar-refractivity contribution is 0.306. The molecule has 2 aromatic rings. The highest BCUT2D eigenvalue weighted by atomic mass is 79.9. The van der Waals surface area contributed by atoms with E-state index in [9.17, 15) is 0 Å². The summed E-state index contributed by atoms with van der Waals surface area (Å²) >= 11 is 3.42. The van der Waals surface area contributed by atoms with Crippen LogP contribution in [0.15, 0.2) is 47.1 Å². The quantitative estimate of drug-likeness (QED) is 0.911. The summed E-state index contributed by atoms with van der Waals surface area (Å²) in [6.07, 6.45) is 1.79. The van der Waals surface area contributed by atoms with E-state index in [1.165, 1.54) is 0 Å². The summed E-state index contributed by atoms with van der Waals surface area (Å²) in [5, 5.41) is 3.18. The number of halogens is 1. The molecule has 0 amide bonds. The molecule has 1 aromatic carbocycles.